The van der Waals surface area contributed by atoms with Crippen LogP contribution in [0.5, 0.6) is 11.5 Å². The van der Waals surface area contributed by atoms with Gasteiger partial charge >= 0.3 is 0 Å². The van der Waals surface area contributed by atoms with Crippen molar-refractivity contribution in [3.63, 3.8) is 0 Å². The van der Waals surface area contributed by atoms with Gasteiger partial charge < -0.3 is 9.47 Å². The lowest BCUT2D eigenvalue weighted by molar-refractivity contribution is 0.189. The number of benzene rings is 3. The predicted molar refractivity (Wildman–Crippen MR) is 127 cm³/mol. The van der Waals surface area contributed by atoms with Crippen molar-refractivity contribution < 1.29 is 17.9 Å². The molecule has 1 fully saturated rings. The van der Waals surface area contributed by atoms with E-state index in [1.54, 1.807) is 0 Å². The molecule has 0 atom stereocenters. The quantitative estimate of drug-likeness (QED) is 0.526. The number of para-hydroxylation sites is 1. The zero-order valence-electron chi connectivity index (χ0n) is 18.1. The van der Waals surface area contributed by atoms with E-state index in [2.05, 4.69) is 30.3 Å². The van der Waals surface area contributed by atoms with Crippen molar-refractivity contribution in [2.75, 3.05) is 11.5 Å². The van der Waals surface area contributed by atoms with Crippen molar-refractivity contribution >= 4 is 9.84 Å². The number of hydrogen-bond donors (Lipinski definition) is 0. The third kappa shape index (κ3) is 4.83. The molecule has 3 aromatic rings. The fourth-order valence-electron chi connectivity index (χ4n) is 4.63. The Kier molecular flexibility index (Phi) is 5.92. The molecule has 1 aliphatic heterocycles. The number of hydrogen-bond acceptors (Lipinski definition) is 4. The summed E-state index contributed by atoms with van der Waals surface area (Å²) in [7, 11) is -2.88. The Labute approximate surface area is 190 Å². The predicted octanol–water partition coefficient (Wildman–Crippen LogP) is 5.38. The molecule has 4 nitrogen and oxygen atoms in total. The monoisotopic (exact) mass is 448 g/mol. The second-order valence-electron chi connectivity index (χ2n) is 8.73. The van der Waals surface area contributed by atoms with Gasteiger partial charge in [-0.25, -0.2) is 8.42 Å². The number of fused-ring (bicyclic) bond motifs is 3. The van der Waals surface area contributed by atoms with Crippen LogP contribution in [-0.2, 0) is 29.3 Å². The van der Waals surface area contributed by atoms with Gasteiger partial charge in [-0.1, -0.05) is 36.4 Å². The smallest absolute Gasteiger partial charge is 0.150 e. The Hall–Kier alpha value is -2.79. The minimum absolute atomic E-state index is 0.0172. The molecule has 2 aliphatic rings. The van der Waals surface area contributed by atoms with Gasteiger partial charge in [0.25, 0.3) is 0 Å². The molecule has 0 N–H and O–H groups in total. The van der Waals surface area contributed by atoms with Crippen LogP contribution < -0.4 is 9.47 Å². The topological polar surface area (TPSA) is 52.6 Å². The van der Waals surface area contributed by atoms with Crippen LogP contribution in [0.3, 0.4) is 0 Å². The molecule has 0 bridgehead atoms. The average Bonchev–Trinajstić information content (AvgIpc) is 2.98. The maximum absolute atomic E-state index is 11.7. The molecule has 0 spiro atoms. The third-order valence-corrected chi connectivity index (χ3v) is 8.10. The maximum atomic E-state index is 11.7. The Morgan fingerprint density at radius 3 is 2.38 bits per heavy atom. The Balaban J connectivity index is 1.35. The first-order valence-corrected chi connectivity index (χ1v) is 13.2. The maximum Gasteiger partial charge on any atom is 0.150 e. The molecule has 0 aromatic heterocycles. The zero-order valence-corrected chi connectivity index (χ0v) is 18.9. The highest BCUT2D eigenvalue weighted by atomic mass is 32.2. The zero-order chi connectivity index (χ0) is 22.0. The molecule has 0 saturated carbocycles. The molecule has 0 unspecified atom stereocenters. The molecule has 1 saturated heterocycles. The summed E-state index contributed by atoms with van der Waals surface area (Å²) in [6, 6.07) is 22.9. The Morgan fingerprint density at radius 2 is 1.56 bits per heavy atom. The first-order chi connectivity index (χ1) is 15.6. The first kappa shape index (κ1) is 21.1. The summed E-state index contributed by atoms with van der Waals surface area (Å²) in [5.74, 6) is 2.17. The van der Waals surface area contributed by atoms with Gasteiger partial charge in [0.15, 0.2) is 9.84 Å². The number of sulfone groups is 1. The fourth-order valence-corrected chi connectivity index (χ4v) is 6.07. The van der Waals surface area contributed by atoms with Crippen molar-refractivity contribution in [1.29, 1.82) is 0 Å². The Bertz CT molecular complexity index is 1190. The van der Waals surface area contributed by atoms with Crippen molar-refractivity contribution in [3.8, 4) is 22.6 Å². The van der Waals surface area contributed by atoms with Gasteiger partial charge in [-0.3, -0.25) is 0 Å². The summed E-state index contributed by atoms with van der Waals surface area (Å²) >= 11 is 0. The molecule has 5 rings (SSSR count). The Morgan fingerprint density at radius 1 is 0.781 bits per heavy atom. The molecule has 3 aromatic carbocycles. The summed E-state index contributed by atoms with van der Waals surface area (Å²) in [4.78, 5) is 0. The standard InChI is InChI=1S/C27H28O4S/c28-32(29)15-13-24(14-16-32)31-25-11-12-26-22(18-25)6-4-5-21-10-9-20(17-27(21)26)19-30-23-7-2-1-3-8-23/h1-3,7-12,17-18,24H,4-6,13-16,19H2. The highest BCUT2D eigenvalue weighted by Gasteiger charge is 2.25. The van der Waals surface area contributed by atoms with E-state index in [-0.39, 0.29) is 17.6 Å². The molecule has 1 aliphatic carbocycles. The van der Waals surface area contributed by atoms with Crippen molar-refractivity contribution in [1.82, 2.24) is 0 Å². The van der Waals surface area contributed by atoms with E-state index in [4.69, 9.17) is 9.47 Å². The molecular formula is C27H28O4S. The summed E-state index contributed by atoms with van der Waals surface area (Å²) in [6.45, 7) is 0.540. The summed E-state index contributed by atoms with van der Waals surface area (Å²) in [5, 5.41) is 0. The van der Waals surface area contributed by atoms with E-state index in [0.717, 1.165) is 36.3 Å². The van der Waals surface area contributed by atoms with Crippen LogP contribution in [0.4, 0.5) is 0 Å². The highest BCUT2D eigenvalue weighted by molar-refractivity contribution is 7.91. The van der Waals surface area contributed by atoms with Crippen LogP contribution in [-0.4, -0.2) is 26.0 Å². The van der Waals surface area contributed by atoms with E-state index in [1.807, 2.05) is 36.4 Å². The SMILES string of the molecule is O=S1(=O)CCC(Oc2ccc3c(c2)CCCc2ccc(COc4ccccc4)cc2-3)CC1. The highest BCUT2D eigenvalue weighted by Crippen LogP contribution is 2.36. The van der Waals surface area contributed by atoms with Crippen molar-refractivity contribution in [2.24, 2.45) is 0 Å². The normalized spacial score (nSPS) is 17.6. The van der Waals surface area contributed by atoms with Crippen LogP contribution >= 0.6 is 0 Å². The average molecular weight is 449 g/mol. The van der Waals surface area contributed by atoms with E-state index >= 15 is 0 Å². The van der Waals surface area contributed by atoms with E-state index < -0.39 is 9.84 Å². The largest absolute Gasteiger partial charge is 0.490 e. The number of ether oxygens (including phenoxy) is 2. The lowest BCUT2D eigenvalue weighted by Crippen LogP contribution is -2.30. The summed E-state index contributed by atoms with van der Waals surface area (Å²) in [5.41, 5.74) is 6.37. The van der Waals surface area contributed by atoms with Gasteiger partial charge in [-0.05, 0) is 90.3 Å². The molecule has 5 heteroatoms. The van der Waals surface area contributed by atoms with Crippen LogP contribution in [0.2, 0.25) is 0 Å². The fraction of sp³-hybridized carbons (Fsp3) is 0.333. The molecule has 1 heterocycles. The molecule has 0 radical (unpaired) electrons. The van der Waals surface area contributed by atoms with Crippen LogP contribution in [0.25, 0.3) is 11.1 Å². The minimum Gasteiger partial charge on any atom is -0.490 e. The minimum atomic E-state index is -2.88. The van der Waals surface area contributed by atoms with Crippen LogP contribution in [0.15, 0.2) is 66.7 Å². The van der Waals surface area contributed by atoms with Gasteiger partial charge in [0.2, 0.25) is 0 Å². The number of rotatable bonds is 5. The number of aryl methyl sites for hydroxylation is 2. The van der Waals surface area contributed by atoms with E-state index in [0.29, 0.717) is 19.4 Å². The van der Waals surface area contributed by atoms with Gasteiger partial charge in [0.05, 0.1) is 11.5 Å². The molecule has 166 valence electrons. The van der Waals surface area contributed by atoms with Gasteiger partial charge in [0, 0.05) is 0 Å². The molecule has 32 heavy (non-hydrogen) atoms. The second-order valence-corrected chi connectivity index (χ2v) is 11.0. The summed E-state index contributed by atoms with van der Waals surface area (Å²) in [6.07, 6.45) is 4.30. The molecular weight excluding hydrogens is 420 g/mol. The second kappa shape index (κ2) is 8.99. The lowest BCUT2D eigenvalue weighted by Gasteiger charge is -2.24. The van der Waals surface area contributed by atoms with Crippen LogP contribution in [0.1, 0.15) is 36.0 Å². The van der Waals surface area contributed by atoms with Gasteiger partial charge in [-0.15, -0.1) is 0 Å². The lowest BCUT2D eigenvalue weighted by atomic mass is 9.95. The summed E-state index contributed by atoms with van der Waals surface area (Å²) < 4.78 is 35.5. The first-order valence-electron chi connectivity index (χ1n) is 11.4. The van der Waals surface area contributed by atoms with Gasteiger partial charge in [-0.2, -0.15) is 0 Å². The van der Waals surface area contributed by atoms with E-state index in [1.165, 1.54) is 22.3 Å². The van der Waals surface area contributed by atoms with Gasteiger partial charge in [0.1, 0.15) is 24.2 Å². The van der Waals surface area contributed by atoms with Crippen molar-refractivity contribution in [2.45, 2.75) is 44.8 Å². The van der Waals surface area contributed by atoms with Crippen LogP contribution in [0, 0.1) is 0 Å². The van der Waals surface area contributed by atoms with E-state index in [9.17, 15) is 8.42 Å². The molecule has 0 amide bonds. The van der Waals surface area contributed by atoms with Crippen molar-refractivity contribution in [3.05, 3.63) is 83.4 Å². The third-order valence-electron chi connectivity index (χ3n) is 6.39.